The molecule has 0 unspecified atom stereocenters. The lowest BCUT2D eigenvalue weighted by Gasteiger charge is -2.22. The lowest BCUT2D eigenvalue weighted by molar-refractivity contribution is 0.560. The Kier molecular flexibility index (Phi) is 5.42. The predicted octanol–water partition coefficient (Wildman–Crippen LogP) is 3.13. The van der Waals surface area contributed by atoms with Crippen molar-refractivity contribution in [2.45, 2.75) is 45.0 Å². The Morgan fingerprint density at radius 1 is 1.44 bits per heavy atom. The molecule has 0 saturated heterocycles. The van der Waals surface area contributed by atoms with Crippen molar-refractivity contribution in [3.05, 3.63) is 24.0 Å². The van der Waals surface area contributed by atoms with Crippen molar-refractivity contribution < 1.29 is 0 Å². The van der Waals surface area contributed by atoms with Crippen LogP contribution in [0.4, 0.5) is 0 Å². The van der Waals surface area contributed by atoms with Crippen LogP contribution in [0.1, 0.15) is 32.9 Å². The van der Waals surface area contributed by atoms with E-state index < -0.39 is 0 Å². The number of aromatic nitrogens is 1. The summed E-state index contributed by atoms with van der Waals surface area (Å²) >= 11 is 1.91. The zero-order valence-electron chi connectivity index (χ0n) is 10.9. The smallest absolute Gasteiger partial charge is 0.0359 e. The average Bonchev–Trinajstić information content (AvgIpc) is 2.66. The molecule has 0 saturated carbocycles. The second kappa shape index (κ2) is 6.36. The van der Waals surface area contributed by atoms with Gasteiger partial charge in [-0.25, -0.2) is 0 Å². The van der Waals surface area contributed by atoms with Gasteiger partial charge in [-0.1, -0.05) is 6.92 Å². The quantitative estimate of drug-likeness (QED) is 0.788. The van der Waals surface area contributed by atoms with Crippen LogP contribution in [0.5, 0.6) is 0 Å². The molecule has 2 nitrogen and oxygen atoms in total. The molecule has 1 aromatic rings. The zero-order valence-corrected chi connectivity index (χ0v) is 11.7. The molecule has 1 aromatic heterocycles. The Bertz CT molecular complexity index is 305. The zero-order chi connectivity index (χ0) is 12.0. The molecular weight excluding hydrogens is 216 g/mol. The van der Waals surface area contributed by atoms with E-state index in [0.717, 1.165) is 19.6 Å². The Labute approximate surface area is 104 Å². The first-order chi connectivity index (χ1) is 7.59. The van der Waals surface area contributed by atoms with Crippen LogP contribution in [0.15, 0.2) is 18.3 Å². The SMILES string of the molecule is CCCn1cccc1CNCC(C)(C)SC. The molecule has 3 heteroatoms. The summed E-state index contributed by atoms with van der Waals surface area (Å²) in [6.45, 7) is 9.90. The number of nitrogens with one attached hydrogen (secondary N) is 1. The van der Waals surface area contributed by atoms with Crippen LogP contribution in [0.2, 0.25) is 0 Å². The van der Waals surface area contributed by atoms with E-state index >= 15 is 0 Å². The molecule has 92 valence electrons. The molecule has 0 fully saturated rings. The topological polar surface area (TPSA) is 17.0 Å². The molecule has 0 aliphatic rings. The summed E-state index contributed by atoms with van der Waals surface area (Å²) in [5.41, 5.74) is 1.39. The van der Waals surface area contributed by atoms with Crippen LogP contribution in [0.3, 0.4) is 0 Å². The van der Waals surface area contributed by atoms with Gasteiger partial charge >= 0.3 is 0 Å². The molecular formula is C13H24N2S. The predicted molar refractivity (Wildman–Crippen MR) is 74.0 cm³/mol. The van der Waals surface area contributed by atoms with Crippen molar-refractivity contribution in [3.63, 3.8) is 0 Å². The fourth-order valence-corrected chi connectivity index (χ4v) is 1.88. The van der Waals surface area contributed by atoms with E-state index in [1.807, 2.05) is 11.8 Å². The van der Waals surface area contributed by atoms with E-state index in [4.69, 9.17) is 0 Å². The minimum atomic E-state index is 0.322. The Morgan fingerprint density at radius 3 is 2.81 bits per heavy atom. The molecule has 0 aliphatic carbocycles. The number of aryl methyl sites for hydroxylation is 1. The Morgan fingerprint density at radius 2 is 2.19 bits per heavy atom. The van der Waals surface area contributed by atoms with Gasteiger partial charge in [-0.05, 0) is 38.7 Å². The maximum Gasteiger partial charge on any atom is 0.0359 e. The molecule has 0 radical (unpaired) electrons. The number of hydrogen-bond acceptors (Lipinski definition) is 2. The number of nitrogens with zero attached hydrogens (tertiary/aromatic N) is 1. The molecule has 0 atom stereocenters. The Hall–Kier alpha value is -0.410. The van der Waals surface area contributed by atoms with Gasteiger partial charge < -0.3 is 9.88 Å². The van der Waals surface area contributed by atoms with Crippen LogP contribution in [0.25, 0.3) is 0 Å². The summed E-state index contributed by atoms with van der Waals surface area (Å²) in [4.78, 5) is 0. The maximum absolute atomic E-state index is 3.54. The van der Waals surface area contributed by atoms with E-state index in [0.29, 0.717) is 4.75 Å². The van der Waals surface area contributed by atoms with Gasteiger partial charge in [0, 0.05) is 36.3 Å². The first-order valence-corrected chi connectivity index (χ1v) is 7.21. The Balaban J connectivity index is 2.39. The van der Waals surface area contributed by atoms with Gasteiger partial charge in [0.2, 0.25) is 0 Å². The van der Waals surface area contributed by atoms with Crippen LogP contribution < -0.4 is 5.32 Å². The molecule has 0 aromatic carbocycles. The van der Waals surface area contributed by atoms with Gasteiger partial charge in [0.15, 0.2) is 0 Å². The van der Waals surface area contributed by atoms with Gasteiger partial charge in [0.05, 0.1) is 0 Å². The highest BCUT2D eigenvalue weighted by atomic mass is 32.2. The minimum absolute atomic E-state index is 0.322. The van der Waals surface area contributed by atoms with Crippen molar-refractivity contribution in [1.29, 1.82) is 0 Å². The molecule has 1 N–H and O–H groups in total. The third kappa shape index (κ3) is 4.22. The molecule has 0 aliphatic heterocycles. The normalized spacial score (nSPS) is 12.0. The van der Waals surface area contributed by atoms with E-state index in [1.54, 1.807) is 0 Å². The van der Waals surface area contributed by atoms with E-state index in [1.165, 1.54) is 12.1 Å². The standard InChI is InChI=1S/C13H24N2S/c1-5-8-15-9-6-7-12(15)10-14-11-13(2,3)16-4/h6-7,9,14H,5,8,10-11H2,1-4H3. The fourth-order valence-electron chi connectivity index (χ4n) is 1.63. The average molecular weight is 240 g/mol. The van der Waals surface area contributed by atoms with Crippen LogP contribution in [-0.2, 0) is 13.1 Å². The van der Waals surface area contributed by atoms with Gasteiger partial charge in [-0.2, -0.15) is 11.8 Å². The van der Waals surface area contributed by atoms with Crippen LogP contribution in [-0.4, -0.2) is 22.1 Å². The van der Waals surface area contributed by atoms with Crippen molar-refractivity contribution >= 4 is 11.8 Å². The molecule has 1 rings (SSSR count). The number of thioether (sulfide) groups is 1. The largest absolute Gasteiger partial charge is 0.350 e. The second-order valence-electron chi connectivity index (χ2n) is 4.76. The third-order valence-electron chi connectivity index (χ3n) is 2.80. The highest BCUT2D eigenvalue weighted by molar-refractivity contribution is 7.99. The summed E-state index contributed by atoms with van der Waals surface area (Å²) in [6, 6.07) is 4.33. The monoisotopic (exact) mass is 240 g/mol. The maximum atomic E-state index is 3.54. The van der Waals surface area contributed by atoms with Crippen molar-refractivity contribution in [2.75, 3.05) is 12.8 Å². The van der Waals surface area contributed by atoms with Crippen LogP contribution in [0, 0.1) is 0 Å². The lowest BCUT2D eigenvalue weighted by Crippen LogP contribution is -2.32. The summed E-state index contributed by atoms with van der Waals surface area (Å²) < 4.78 is 2.65. The highest BCUT2D eigenvalue weighted by Crippen LogP contribution is 2.19. The minimum Gasteiger partial charge on any atom is -0.350 e. The van der Waals surface area contributed by atoms with Crippen molar-refractivity contribution in [2.24, 2.45) is 0 Å². The second-order valence-corrected chi connectivity index (χ2v) is 6.27. The van der Waals surface area contributed by atoms with Crippen LogP contribution >= 0.6 is 11.8 Å². The third-order valence-corrected chi connectivity index (χ3v) is 4.05. The highest BCUT2D eigenvalue weighted by Gasteiger charge is 2.14. The fraction of sp³-hybridized carbons (Fsp3) is 0.692. The summed E-state index contributed by atoms with van der Waals surface area (Å²) in [6.07, 6.45) is 5.53. The lowest BCUT2D eigenvalue weighted by atomic mass is 10.2. The summed E-state index contributed by atoms with van der Waals surface area (Å²) in [7, 11) is 0. The van der Waals surface area contributed by atoms with E-state index in [-0.39, 0.29) is 0 Å². The first-order valence-electron chi connectivity index (χ1n) is 5.99. The van der Waals surface area contributed by atoms with Crippen molar-refractivity contribution in [3.8, 4) is 0 Å². The molecule has 0 spiro atoms. The molecule has 0 bridgehead atoms. The van der Waals surface area contributed by atoms with E-state index in [9.17, 15) is 0 Å². The molecule has 1 heterocycles. The summed E-state index contributed by atoms with van der Waals surface area (Å²) in [5, 5.41) is 3.54. The number of hydrogen-bond donors (Lipinski definition) is 1. The van der Waals surface area contributed by atoms with Crippen molar-refractivity contribution in [1.82, 2.24) is 9.88 Å². The van der Waals surface area contributed by atoms with Gasteiger partial charge in [0.1, 0.15) is 0 Å². The van der Waals surface area contributed by atoms with Gasteiger partial charge in [-0.15, -0.1) is 0 Å². The van der Waals surface area contributed by atoms with Gasteiger partial charge in [-0.3, -0.25) is 0 Å². The van der Waals surface area contributed by atoms with E-state index in [2.05, 4.69) is 55.2 Å². The summed E-state index contributed by atoms with van der Waals surface area (Å²) in [5.74, 6) is 0. The first kappa shape index (κ1) is 13.7. The molecule has 16 heavy (non-hydrogen) atoms. The molecule has 0 amide bonds. The number of rotatable bonds is 7. The van der Waals surface area contributed by atoms with Gasteiger partial charge in [0.25, 0.3) is 0 Å².